The van der Waals surface area contributed by atoms with Crippen LogP contribution in [-0.2, 0) is 9.59 Å². The molecule has 4 heteroatoms. The highest BCUT2D eigenvalue weighted by Gasteiger charge is 2.08. The first-order valence-corrected chi connectivity index (χ1v) is 4.51. The van der Waals surface area contributed by atoms with Gasteiger partial charge in [0.2, 0.25) is 11.8 Å². The molecule has 0 saturated carbocycles. The molecule has 0 spiro atoms. The summed E-state index contributed by atoms with van der Waals surface area (Å²) in [4.78, 5) is 24.9. The molecule has 0 rings (SSSR count). The molecule has 0 aliphatic carbocycles. The van der Waals surface area contributed by atoms with Gasteiger partial charge in [-0.1, -0.05) is 0 Å². The van der Waals surface area contributed by atoms with E-state index >= 15 is 0 Å². The van der Waals surface area contributed by atoms with Crippen LogP contribution in [-0.4, -0.2) is 41.8 Å². The van der Waals surface area contributed by atoms with Crippen LogP contribution in [0.2, 0.25) is 0 Å². The van der Waals surface area contributed by atoms with Crippen molar-refractivity contribution < 1.29 is 9.59 Å². The van der Waals surface area contributed by atoms with E-state index in [1.165, 1.54) is 18.7 Å². The van der Waals surface area contributed by atoms with E-state index in [4.69, 9.17) is 0 Å². The van der Waals surface area contributed by atoms with Crippen LogP contribution in [0.25, 0.3) is 0 Å². The Hall–Kier alpha value is -1.32. The second-order valence-electron chi connectivity index (χ2n) is 3.34. The number of likely N-dealkylation sites (N-methyl/N-ethyl adjacent to an activating group) is 1. The highest BCUT2D eigenvalue weighted by atomic mass is 16.2. The van der Waals surface area contributed by atoms with Crippen molar-refractivity contribution in [2.24, 2.45) is 0 Å². The number of amides is 2. The average Bonchev–Trinajstić information content (AvgIpc) is 2.11. The summed E-state index contributed by atoms with van der Waals surface area (Å²) in [5, 5.41) is 0. The largest absolute Gasteiger partial charge is 0.340 e. The maximum absolute atomic E-state index is 11.0. The zero-order chi connectivity index (χ0) is 11.3. The molecule has 0 aromatic rings. The Kier molecular flexibility index (Phi) is 4.91. The molecule has 80 valence electrons. The number of rotatable bonds is 3. The highest BCUT2D eigenvalue weighted by molar-refractivity contribution is 5.74. The van der Waals surface area contributed by atoms with Crippen LogP contribution >= 0.6 is 0 Å². The molecule has 0 fully saturated rings. The summed E-state index contributed by atoms with van der Waals surface area (Å²) >= 11 is 0. The van der Waals surface area contributed by atoms with Crippen LogP contribution in [0.5, 0.6) is 0 Å². The van der Waals surface area contributed by atoms with Crippen LogP contribution < -0.4 is 0 Å². The lowest BCUT2D eigenvalue weighted by atomic mass is 10.3. The van der Waals surface area contributed by atoms with E-state index in [-0.39, 0.29) is 17.9 Å². The van der Waals surface area contributed by atoms with Crippen molar-refractivity contribution in [2.75, 3.05) is 14.1 Å². The first-order chi connectivity index (χ1) is 6.36. The molecule has 1 atom stereocenters. The minimum atomic E-state index is -0.0288. The van der Waals surface area contributed by atoms with Crippen LogP contribution in [0.1, 0.15) is 20.8 Å². The van der Waals surface area contributed by atoms with E-state index < -0.39 is 0 Å². The van der Waals surface area contributed by atoms with E-state index in [1.54, 1.807) is 25.2 Å². The topological polar surface area (TPSA) is 40.6 Å². The van der Waals surface area contributed by atoms with E-state index in [0.29, 0.717) is 0 Å². The molecule has 14 heavy (non-hydrogen) atoms. The summed E-state index contributed by atoms with van der Waals surface area (Å²) < 4.78 is 0. The van der Waals surface area contributed by atoms with Gasteiger partial charge in [-0.2, -0.15) is 0 Å². The third-order valence-electron chi connectivity index (χ3n) is 2.19. The first kappa shape index (κ1) is 12.7. The summed E-state index contributed by atoms with van der Waals surface area (Å²) in [6.07, 6.45) is 3.48. The van der Waals surface area contributed by atoms with Gasteiger partial charge >= 0.3 is 0 Å². The van der Waals surface area contributed by atoms with Gasteiger partial charge in [-0.25, -0.2) is 0 Å². The zero-order valence-electron chi connectivity index (χ0n) is 9.44. The average molecular weight is 198 g/mol. The number of hydrogen-bond donors (Lipinski definition) is 0. The zero-order valence-corrected chi connectivity index (χ0v) is 9.44. The van der Waals surface area contributed by atoms with Crippen molar-refractivity contribution in [2.45, 2.75) is 26.8 Å². The second-order valence-corrected chi connectivity index (χ2v) is 3.34. The minimum absolute atomic E-state index is 0.00528. The molecule has 4 nitrogen and oxygen atoms in total. The van der Waals surface area contributed by atoms with Gasteiger partial charge in [0.1, 0.15) is 0 Å². The summed E-state index contributed by atoms with van der Waals surface area (Å²) in [6.45, 7) is 4.90. The second kappa shape index (κ2) is 5.42. The molecule has 0 saturated heterocycles. The monoisotopic (exact) mass is 198 g/mol. The normalized spacial score (nSPS) is 12.6. The van der Waals surface area contributed by atoms with E-state index in [9.17, 15) is 9.59 Å². The highest BCUT2D eigenvalue weighted by Crippen LogP contribution is 1.98. The van der Waals surface area contributed by atoms with Gasteiger partial charge in [-0.3, -0.25) is 9.59 Å². The lowest BCUT2D eigenvalue weighted by Crippen LogP contribution is -2.32. The van der Waals surface area contributed by atoms with Crippen molar-refractivity contribution in [1.82, 2.24) is 9.80 Å². The van der Waals surface area contributed by atoms with Gasteiger partial charge < -0.3 is 9.80 Å². The minimum Gasteiger partial charge on any atom is -0.340 e. The smallest absolute Gasteiger partial charge is 0.223 e. The quantitative estimate of drug-likeness (QED) is 0.674. The standard InChI is InChI=1S/C10H18N2O2/c1-8(12(5)10(3)14)6-7-11(4)9(2)13/h6-8H,1-5H3/b7-6+. The third kappa shape index (κ3) is 4.07. The van der Waals surface area contributed by atoms with Crippen molar-refractivity contribution >= 4 is 11.8 Å². The fourth-order valence-corrected chi connectivity index (χ4v) is 0.774. The Bertz CT molecular complexity index is 249. The van der Waals surface area contributed by atoms with Crippen molar-refractivity contribution in [3.63, 3.8) is 0 Å². The molecule has 0 aromatic carbocycles. The molecule has 0 aliphatic heterocycles. The molecule has 0 N–H and O–H groups in total. The maximum atomic E-state index is 11.0. The third-order valence-corrected chi connectivity index (χ3v) is 2.19. The Morgan fingerprint density at radius 3 is 2.00 bits per heavy atom. The summed E-state index contributed by atoms with van der Waals surface area (Å²) in [7, 11) is 3.41. The molecule has 2 amide bonds. The van der Waals surface area contributed by atoms with Gasteiger partial charge in [0.15, 0.2) is 0 Å². The summed E-state index contributed by atoms with van der Waals surface area (Å²) in [5.74, 6) is -0.0217. The molecular weight excluding hydrogens is 180 g/mol. The van der Waals surface area contributed by atoms with Crippen molar-refractivity contribution in [3.8, 4) is 0 Å². The molecule has 0 aliphatic rings. The van der Waals surface area contributed by atoms with Gasteiger partial charge in [-0.05, 0) is 13.0 Å². The van der Waals surface area contributed by atoms with E-state index in [2.05, 4.69) is 0 Å². The number of carbonyl (C=O) groups is 2. The predicted octanol–water partition coefficient (Wildman–Crippen LogP) is 0.845. The Morgan fingerprint density at radius 1 is 1.14 bits per heavy atom. The Labute approximate surface area is 85.2 Å². The molecule has 0 radical (unpaired) electrons. The number of hydrogen-bond acceptors (Lipinski definition) is 2. The first-order valence-electron chi connectivity index (χ1n) is 4.51. The maximum Gasteiger partial charge on any atom is 0.223 e. The molecule has 0 heterocycles. The molecule has 0 bridgehead atoms. The number of nitrogens with zero attached hydrogens (tertiary/aromatic N) is 2. The Morgan fingerprint density at radius 2 is 1.64 bits per heavy atom. The number of carbonyl (C=O) groups excluding carboxylic acids is 2. The summed E-state index contributed by atoms with van der Waals surface area (Å²) in [5.41, 5.74) is 0. The lowest BCUT2D eigenvalue weighted by Gasteiger charge is -2.21. The van der Waals surface area contributed by atoms with E-state index in [1.807, 2.05) is 13.0 Å². The molecular formula is C10H18N2O2. The molecule has 1 unspecified atom stereocenters. The summed E-state index contributed by atoms with van der Waals surface area (Å²) in [6, 6.07) is -0.00528. The Balaban J connectivity index is 4.24. The van der Waals surface area contributed by atoms with Crippen molar-refractivity contribution in [1.29, 1.82) is 0 Å². The van der Waals surface area contributed by atoms with Crippen LogP contribution in [0.4, 0.5) is 0 Å². The van der Waals surface area contributed by atoms with Gasteiger partial charge in [0.05, 0.1) is 0 Å². The SMILES string of the molecule is CC(=O)N(C)/C=C/C(C)N(C)C(C)=O. The van der Waals surface area contributed by atoms with Gasteiger partial charge in [0, 0.05) is 40.2 Å². The van der Waals surface area contributed by atoms with Crippen LogP contribution in [0.15, 0.2) is 12.3 Å². The van der Waals surface area contributed by atoms with Gasteiger partial charge in [0.25, 0.3) is 0 Å². The fourth-order valence-electron chi connectivity index (χ4n) is 0.774. The van der Waals surface area contributed by atoms with Crippen molar-refractivity contribution in [3.05, 3.63) is 12.3 Å². The predicted molar refractivity (Wildman–Crippen MR) is 55.5 cm³/mol. The molecule has 0 aromatic heterocycles. The lowest BCUT2D eigenvalue weighted by molar-refractivity contribution is -0.128. The van der Waals surface area contributed by atoms with E-state index in [0.717, 1.165) is 0 Å². The van der Waals surface area contributed by atoms with Gasteiger partial charge in [-0.15, -0.1) is 0 Å². The fraction of sp³-hybridized carbons (Fsp3) is 0.600. The van der Waals surface area contributed by atoms with Crippen LogP contribution in [0.3, 0.4) is 0 Å². The van der Waals surface area contributed by atoms with Crippen LogP contribution in [0, 0.1) is 0 Å².